The highest BCUT2D eigenvalue weighted by Crippen LogP contribution is 2.51. The second-order valence-corrected chi connectivity index (χ2v) is 8.90. The third-order valence-corrected chi connectivity index (χ3v) is 5.67. The van der Waals surface area contributed by atoms with Gasteiger partial charge in [0.15, 0.2) is 5.54 Å². The Hall–Kier alpha value is -3.64. The summed E-state index contributed by atoms with van der Waals surface area (Å²) in [6, 6.07) is 13.9. The Morgan fingerprint density at radius 2 is 1.94 bits per heavy atom. The zero-order valence-corrected chi connectivity index (χ0v) is 17.6. The third kappa shape index (κ3) is 3.55. The first-order chi connectivity index (χ1) is 14.9. The minimum Gasteiger partial charge on any atom is -0.492 e. The van der Waals surface area contributed by atoms with Gasteiger partial charge in [-0.3, -0.25) is 0 Å². The van der Waals surface area contributed by atoms with Crippen molar-refractivity contribution in [1.82, 2.24) is 0 Å². The second kappa shape index (κ2) is 6.96. The van der Waals surface area contributed by atoms with Gasteiger partial charge in [-0.05, 0) is 63.1 Å². The zero-order valence-electron chi connectivity index (χ0n) is 17.6. The fourth-order valence-electron chi connectivity index (χ4n) is 3.71. The molecule has 0 aromatic heterocycles. The van der Waals surface area contributed by atoms with E-state index in [-0.39, 0.29) is 19.2 Å². The van der Waals surface area contributed by atoms with Crippen LogP contribution < -0.4 is 15.2 Å². The van der Waals surface area contributed by atoms with Crippen molar-refractivity contribution in [3.63, 3.8) is 0 Å². The molecule has 0 radical (unpaired) electrons. The molecule has 0 saturated heterocycles. The molecule has 1 saturated carbocycles. The van der Waals surface area contributed by atoms with Crippen molar-refractivity contribution in [1.29, 1.82) is 5.26 Å². The van der Waals surface area contributed by atoms with Crippen molar-refractivity contribution in [2.75, 3.05) is 13.2 Å². The Labute approximate surface area is 181 Å². The molecule has 2 aromatic rings. The number of benzene rings is 2. The smallest absolute Gasteiger partial charge is 0.283 e. The van der Waals surface area contributed by atoms with Crippen LogP contribution >= 0.6 is 0 Å². The van der Waals surface area contributed by atoms with Gasteiger partial charge in [-0.15, -0.1) is 0 Å². The molecular formula is C25H23N3O3. The molecule has 0 unspecified atom stereocenters. The zero-order chi connectivity index (χ0) is 21.6. The van der Waals surface area contributed by atoms with Crippen molar-refractivity contribution >= 4 is 6.02 Å². The Morgan fingerprint density at radius 1 is 1.19 bits per heavy atom. The minimum atomic E-state index is -0.825. The Morgan fingerprint density at radius 3 is 2.61 bits per heavy atom. The van der Waals surface area contributed by atoms with E-state index in [0.717, 1.165) is 16.7 Å². The number of amidine groups is 1. The van der Waals surface area contributed by atoms with E-state index >= 15 is 0 Å². The maximum absolute atomic E-state index is 9.27. The van der Waals surface area contributed by atoms with E-state index in [1.165, 1.54) is 12.8 Å². The van der Waals surface area contributed by atoms with Gasteiger partial charge in [0.25, 0.3) is 6.02 Å². The molecule has 5 rings (SSSR count). The average molecular weight is 413 g/mol. The summed E-state index contributed by atoms with van der Waals surface area (Å²) >= 11 is 0. The Bertz CT molecular complexity index is 1190. The number of ether oxygens (including phenoxy) is 3. The highest BCUT2D eigenvalue weighted by molar-refractivity contribution is 5.77. The molecule has 2 N–H and O–H groups in total. The van der Waals surface area contributed by atoms with Gasteiger partial charge in [-0.25, -0.2) is 4.99 Å². The molecule has 0 bridgehead atoms. The van der Waals surface area contributed by atoms with E-state index in [4.69, 9.17) is 24.9 Å². The second-order valence-electron chi connectivity index (χ2n) is 8.90. The normalized spacial score (nSPS) is 20.9. The number of rotatable bonds is 3. The molecular weight excluding hydrogens is 390 g/mol. The maximum Gasteiger partial charge on any atom is 0.283 e. The molecule has 156 valence electrons. The molecule has 1 atom stereocenters. The van der Waals surface area contributed by atoms with Gasteiger partial charge >= 0.3 is 0 Å². The summed E-state index contributed by atoms with van der Waals surface area (Å²) in [6.45, 7) is 4.23. The Balaban J connectivity index is 1.57. The van der Waals surface area contributed by atoms with Crippen molar-refractivity contribution < 1.29 is 14.2 Å². The van der Waals surface area contributed by atoms with Crippen LogP contribution in [0.2, 0.25) is 0 Å². The first kappa shape index (κ1) is 19.3. The van der Waals surface area contributed by atoms with E-state index in [2.05, 4.69) is 17.9 Å². The van der Waals surface area contributed by atoms with Crippen LogP contribution in [0.1, 0.15) is 43.4 Å². The van der Waals surface area contributed by atoms with Gasteiger partial charge in [0.1, 0.15) is 30.5 Å². The van der Waals surface area contributed by atoms with Crippen LogP contribution in [-0.2, 0) is 10.3 Å². The number of aliphatic imine (C=N–C) groups is 1. The summed E-state index contributed by atoms with van der Waals surface area (Å²) < 4.78 is 17.7. The molecule has 2 aliphatic heterocycles. The summed E-state index contributed by atoms with van der Waals surface area (Å²) in [6.07, 6.45) is 2.36. The molecule has 1 aliphatic carbocycles. The number of nitrogens with two attached hydrogens (primary N) is 1. The summed E-state index contributed by atoms with van der Waals surface area (Å²) in [5, 5.41) is 9.27. The van der Waals surface area contributed by atoms with Crippen LogP contribution in [-0.4, -0.2) is 19.2 Å². The lowest BCUT2D eigenvalue weighted by molar-refractivity contribution is 0.225. The van der Waals surface area contributed by atoms with Gasteiger partial charge in [-0.2, -0.15) is 5.26 Å². The van der Waals surface area contributed by atoms with E-state index in [1.54, 1.807) is 0 Å². The van der Waals surface area contributed by atoms with Crippen LogP contribution in [0.25, 0.3) is 0 Å². The van der Waals surface area contributed by atoms with Crippen molar-refractivity contribution in [2.45, 2.75) is 32.2 Å². The van der Waals surface area contributed by atoms with Gasteiger partial charge in [0.05, 0.1) is 11.5 Å². The standard InChI is InChI=1S/C25H23N3O3/c1-24(2,13-26)14-29-18-8-10-22-20(12-18)25(15-30-23(27)28-25)19-11-17(6-5-16-3-4-16)7-9-21(19)31-22/h7-12,16H,3-4,14-15H2,1-2H3,(H2,27,28)/t25-/m0/s1. The molecule has 2 heterocycles. The van der Waals surface area contributed by atoms with E-state index in [0.29, 0.717) is 23.2 Å². The van der Waals surface area contributed by atoms with Gasteiger partial charge in [0.2, 0.25) is 0 Å². The molecule has 0 amide bonds. The molecule has 31 heavy (non-hydrogen) atoms. The monoisotopic (exact) mass is 413 g/mol. The average Bonchev–Trinajstić information content (AvgIpc) is 3.52. The molecule has 1 spiro atoms. The number of nitriles is 1. The maximum atomic E-state index is 9.27. The molecule has 1 fully saturated rings. The fourth-order valence-corrected chi connectivity index (χ4v) is 3.71. The highest BCUT2D eigenvalue weighted by Gasteiger charge is 2.47. The SMILES string of the molecule is CC(C)(C#N)COc1ccc2c(c1)[C@]1(COC(N)=N1)c1cc(C#CC3CC3)ccc1O2. The number of hydrogen-bond acceptors (Lipinski definition) is 6. The van der Waals surface area contributed by atoms with Gasteiger partial charge in [0, 0.05) is 22.6 Å². The van der Waals surface area contributed by atoms with Crippen LogP contribution in [0, 0.1) is 34.5 Å². The predicted octanol–water partition coefficient (Wildman–Crippen LogP) is 4.07. The minimum absolute atomic E-state index is 0.144. The highest BCUT2D eigenvalue weighted by atomic mass is 16.5. The lowest BCUT2D eigenvalue weighted by atomic mass is 9.80. The summed E-state index contributed by atoms with van der Waals surface area (Å²) in [5.74, 6) is 9.12. The molecule has 3 aliphatic rings. The topological polar surface area (TPSA) is 89.9 Å². The van der Waals surface area contributed by atoms with Crippen LogP contribution in [0.3, 0.4) is 0 Å². The van der Waals surface area contributed by atoms with E-state index < -0.39 is 11.0 Å². The summed E-state index contributed by atoms with van der Waals surface area (Å²) in [7, 11) is 0. The third-order valence-electron chi connectivity index (χ3n) is 5.67. The largest absolute Gasteiger partial charge is 0.492 e. The summed E-state index contributed by atoms with van der Waals surface area (Å²) in [4.78, 5) is 4.71. The first-order valence-electron chi connectivity index (χ1n) is 10.4. The lowest BCUT2D eigenvalue weighted by Crippen LogP contribution is -2.31. The molecule has 2 aromatic carbocycles. The molecule has 6 nitrogen and oxygen atoms in total. The number of fused-ring (bicyclic) bond motifs is 4. The van der Waals surface area contributed by atoms with E-state index in [9.17, 15) is 5.26 Å². The van der Waals surface area contributed by atoms with Gasteiger partial charge < -0.3 is 19.9 Å². The van der Waals surface area contributed by atoms with Crippen LogP contribution in [0.15, 0.2) is 41.4 Å². The number of hydrogen-bond donors (Lipinski definition) is 1. The van der Waals surface area contributed by atoms with Crippen molar-refractivity contribution in [2.24, 2.45) is 22.1 Å². The summed E-state index contributed by atoms with van der Waals surface area (Å²) in [5.41, 5.74) is 7.16. The van der Waals surface area contributed by atoms with Gasteiger partial charge in [-0.1, -0.05) is 11.8 Å². The van der Waals surface area contributed by atoms with E-state index in [1.807, 2.05) is 50.2 Å². The molecule has 6 heteroatoms. The Kier molecular flexibility index (Phi) is 4.34. The first-order valence-corrected chi connectivity index (χ1v) is 10.4. The lowest BCUT2D eigenvalue weighted by Gasteiger charge is -2.33. The van der Waals surface area contributed by atoms with Crippen LogP contribution in [0.5, 0.6) is 17.2 Å². The van der Waals surface area contributed by atoms with Crippen molar-refractivity contribution in [3.8, 4) is 35.2 Å². The number of nitrogens with zero attached hydrogens (tertiary/aromatic N) is 2. The predicted molar refractivity (Wildman–Crippen MR) is 116 cm³/mol. The quantitative estimate of drug-likeness (QED) is 0.766. The van der Waals surface area contributed by atoms with Crippen molar-refractivity contribution in [3.05, 3.63) is 53.1 Å². The fraction of sp³-hybridized carbons (Fsp3) is 0.360. The van der Waals surface area contributed by atoms with Crippen LogP contribution in [0.4, 0.5) is 0 Å².